The van der Waals surface area contributed by atoms with Gasteiger partial charge < -0.3 is 10.6 Å². The van der Waals surface area contributed by atoms with E-state index in [1.165, 1.54) is 12.3 Å². The van der Waals surface area contributed by atoms with Crippen molar-refractivity contribution < 1.29 is 13.2 Å². The Hall–Kier alpha value is -4.39. The fourth-order valence-corrected chi connectivity index (χ4v) is 3.26. The lowest BCUT2D eigenvalue weighted by molar-refractivity contribution is -0.141. The van der Waals surface area contributed by atoms with E-state index in [0.717, 1.165) is 10.6 Å². The van der Waals surface area contributed by atoms with Crippen molar-refractivity contribution in [1.82, 2.24) is 14.5 Å². The van der Waals surface area contributed by atoms with Crippen molar-refractivity contribution in [2.75, 3.05) is 17.7 Å². The van der Waals surface area contributed by atoms with Gasteiger partial charge in [-0.2, -0.15) is 18.4 Å². The predicted molar refractivity (Wildman–Crippen MR) is 114 cm³/mol. The maximum absolute atomic E-state index is 13.4. The molecule has 1 aromatic carbocycles. The number of aromatic nitrogens is 3. The van der Waals surface area contributed by atoms with Crippen LogP contribution in [0.15, 0.2) is 65.6 Å². The summed E-state index contributed by atoms with van der Waals surface area (Å²) in [4.78, 5) is 21.1. The van der Waals surface area contributed by atoms with Gasteiger partial charge in [0.2, 0.25) is 0 Å². The Kier molecular flexibility index (Phi) is 5.24. The smallest absolute Gasteiger partial charge is 0.373 e. The molecule has 2 N–H and O–H groups in total. The summed E-state index contributed by atoms with van der Waals surface area (Å²) in [6.45, 7) is 0. The molecule has 0 saturated carbocycles. The highest BCUT2D eigenvalue weighted by Gasteiger charge is 2.33. The van der Waals surface area contributed by atoms with Crippen LogP contribution in [-0.4, -0.2) is 21.6 Å². The fraction of sp³-hybridized carbons (Fsp3) is 0.0909. The number of nitrogens with one attached hydrogen (secondary N) is 2. The van der Waals surface area contributed by atoms with E-state index < -0.39 is 17.4 Å². The summed E-state index contributed by atoms with van der Waals surface area (Å²) in [5.41, 5.74) is -1.58. The summed E-state index contributed by atoms with van der Waals surface area (Å²) >= 11 is 0. The Bertz CT molecular complexity index is 1410. The molecule has 0 aliphatic heterocycles. The lowest BCUT2D eigenvalue weighted by atomic mass is 10.1. The monoisotopic (exact) mass is 436 g/mol. The molecule has 0 aliphatic rings. The van der Waals surface area contributed by atoms with Gasteiger partial charge in [-0.25, -0.2) is 9.97 Å². The number of hydrogen-bond acceptors (Lipinski definition) is 6. The number of pyridine rings is 3. The molecule has 0 spiro atoms. The maximum atomic E-state index is 13.4. The van der Waals surface area contributed by atoms with E-state index in [4.69, 9.17) is 0 Å². The van der Waals surface area contributed by atoms with Gasteiger partial charge in [0.25, 0.3) is 5.56 Å². The van der Waals surface area contributed by atoms with Crippen molar-refractivity contribution >= 4 is 28.2 Å². The number of hydrogen-bond donors (Lipinski definition) is 2. The Morgan fingerprint density at radius 2 is 1.84 bits per heavy atom. The van der Waals surface area contributed by atoms with Gasteiger partial charge in [-0.05, 0) is 30.3 Å². The van der Waals surface area contributed by atoms with Crippen LogP contribution in [0, 0.1) is 11.3 Å². The highest BCUT2D eigenvalue weighted by molar-refractivity contribution is 5.95. The first-order chi connectivity index (χ1) is 15.3. The van der Waals surface area contributed by atoms with Crippen LogP contribution in [0.2, 0.25) is 0 Å². The Morgan fingerprint density at radius 1 is 1.09 bits per heavy atom. The number of alkyl halides is 3. The van der Waals surface area contributed by atoms with Crippen molar-refractivity contribution in [2.24, 2.45) is 0 Å². The Balaban J connectivity index is 2.07. The van der Waals surface area contributed by atoms with Gasteiger partial charge in [-0.15, -0.1) is 0 Å². The lowest BCUT2D eigenvalue weighted by Crippen LogP contribution is -2.24. The second-order valence-corrected chi connectivity index (χ2v) is 6.71. The lowest BCUT2D eigenvalue weighted by Gasteiger charge is -2.17. The van der Waals surface area contributed by atoms with E-state index in [0.29, 0.717) is 17.2 Å². The average Bonchev–Trinajstić information content (AvgIpc) is 2.79. The van der Waals surface area contributed by atoms with Gasteiger partial charge in [-0.1, -0.05) is 18.2 Å². The van der Waals surface area contributed by atoms with Crippen LogP contribution in [0.3, 0.4) is 0 Å². The van der Waals surface area contributed by atoms with Crippen molar-refractivity contribution in [3.63, 3.8) is 0 Å². The first-order valence-corrected chi connectivity index (χ1v) is 9.37. The summed E-state index contributed by atoms with van der Waals surface area (Å²) in [6.07, 6.45) is -3.20. The van der Waals surface area contributed by atoms with E-state index >= 15 is 0 Å². The highest BCUT2D eigenvalue weighted by atomic mass is 19.4. The number of para-hydroxylation sites is 1. The minimum atomic E-state index is -4.71. The summed E-state index contributed by atoms with van der Waals surface area (Å²) < 4.78 is 41.2. The molecule has 3 heterocycles. The second-order valence-electron chi connectivity index (χ2n) is 6.71. The Labute approximate surface area is 179 Å². The molecule has 0 amide bonds. The molecular formula is C22H15F3N6O. The van der Waals surface area contributed by atoms with Gasteiger partial charge in [0.05, 0.1) is 11.4 Å². The van der Waals surface area contributed by atoms with Crippen molar-refractivity contribution in [2.45, 2.75) is 6.18 Å². The van der Waals surface area contributed by atoms with Gasteiger partial charge in [-0.3, -0.25) is 9.36 Å². The molecule has 4 rings (SSSR count). The molecule has 7 nitrogen and oxygen atoms in total. The van der Waals surface area contributed by atoms with Crippen LogP contribution in [0.25, 0.3) is 16.7 Å². The standard InChI is InChI=1S/C22H15F3N6O/c1-27-18-11-13(9-10-28-18)29-19-15-7-8-17(22(23,24)25)30-20(15)31(21(32)16(19)12-26)14-5-3-2-4-6-14/h2-11H,1H3,(H2,27,28,29). The van der Waals surface area contributed by atoms with Crippen LogP contribution < -0.4 is 16.2 Å². The number of fused-ring (bicyclic) bond motifs is 1. The average molecular weight is 436 g/mol. The predicted octanol–water partition coefficient (Wildman–Crippen LogP) is 4.46. The van der Waals surface area contributed by atoms with Crippen LogP contribution >= 0.6 is 0 Å². The quantitative estimate of drug-likeness (QED) is 0.491. The number of halogens is 3. The molecule has 3 aromatic heterocycles. The Morgan fingerprint density at radius 3 is 2.50 bits per heavy atom. The van der Waals surface area contributed by atoms with Crippen molar-refractivity contribution in [3.8, 4) is 11.8 Å². The third-order valence-electron chi connectivity index (χ3n) is 4.73. The largest absolute Gasteiger partial charge is 0.433 e. The number of anilines is 3. The highest BCUT2D eigenvalue weighted by Crippen LogP contribution is 2.33. The molecule has 0 unspecified atom stereocenters. The zero-order chi connectivity index (χ0) is 22.9. The van der Waals surface area contributed by atoms with E-state index in [1.54, 1.807) is 49.5 Å². The molecule has 10 heteroatoms. The van der Waals surface area contributed by atoms with E-state index in [9.17, 15) is 23.2 Å². The maximum Gasteiger partial charge on any atom is 0.433 e. The van der Waals surface area contributed by atoms with Gasteiger partial charge in [0.1, 0.15) is 28.8 Å². The number of rotatable bonds is 4. The van der Waals surface area contributed by atoms with Crippen LogP contribution in [0.4, 0.5) is 30.4 Å². The molecular weight excluding hydrogens is 421 g/mol. The van der Waals surface area contributed by atoms with Crippen LogP contribution in [0.5, 0.6) is 0 Å². The SMILES string of the molecule is CNc1cc(Nc2c(C#N)c(=O)n(-c3ccccc3)c3nc(C(F)(F)F)ccc23)ccn1. The third-order valence-corrected chi connectivity index (χ3v) is 4.73. The van der Waals surface area contributed by atoms with Crippen LogP contribution in [-0.2, 0) is 6.18 Å². The summed E-state index contributed by atoms with van der Waals surface area (Å²) in [6, 6.07) is 15.2. The molecule has 0 atom stereocenters. The van der Waals surface area contributed by atoms with E-state index in [-0.39, 0.29) is 22.3 Å². The van der Waals surface area contributed by atoms with Gasteiger partial charge in [0, 0.05) is 30.4 Å². The second kappa shape index (κ2) is 8.03. The zero-order valence-electron chi connectivity index (χ0n) is 16.6. The number of nitriles is 1. The topological polar surface area (TPSA) is 95.6 Å². The normalized spacial score (nSPS) is 11.2. The van der Waals surface area contributed by atoms with Crippen molar-refractivity contribution in [3.05, 3.63) is 82.4 Å². The summed E-state index contributed by atoms with van der Waals surface area (Å²) in [7, 11) is 1.67. The number of benzene rings is 1. The number of nitrogens with zero attached hydrogens (tertiary/aromatic N) is 4. The molecule has 0 aliphatic carbocycles. The minimum absolute atomic E-state index is 0.0640. The van der Waals surface area contributed by atoms with Crippen LogP contribution in [0.1, 0.15) is 11.3 Å². The fourth-order valence-electron chi connectivity index (χ4n) is 3.26. The molecule has 0 radical (unpaired) electrons. The van der Waals surface area contributed by atoms with E-state index in [2.05, 4.69) is 20.6 Å². The first kappa shape index (κ1) is 20.9. The van der Waals surface area contributed by atoms with Gasteiger partial charge >= 0.3 is 6.18 Å². The molecule has 0 bridgehead atoms. The molecule has 0 fully saturated rings. The molecule has 0 saturated heterocycles. The first-order valence-electron chi connectivity index (χ1n) is 9.37. The zero-order valence-corrected chi connectivity index (χ0v) is 16.6. The molecule has 4 aromatic rings. The summed E-state index contributed by atoms with van der Waals surface area (Å²) in [5.74, 6) is 0.521. The van der Waals surface area contributed by atoms with E-state index in [1.807, 2.05) is 6.07 Å². The third kappa shape index (κ3) is 3.72. The van der Waals surface area contributed by atoms with Crippen molar-refractivity contribution in [1.29, 1.82) is 5.26 Å². The summed E-state index contributed by atoms with van der Waals surface area (Å²) in [5, 5.41) is 15.8. The molecule has 32 heavy (non-hydrogen) atoms. The molecule has 160 valence electrons. The minimum Gasteiger partial charge on any atom is -0.373 e. The van der Waals surface area contributed by atoms with Gasteiger partial charge in [0.15, 0.2) is 0 Å².